The molecule has 1 amide bonds. The smallest absolute Gasteiger partial charge is 0.258 e. The van der Waals surface area contributed by atoms with Crippen molar-refractivity contribution in [2.75, 3.05) is 5.32 Å². The molecule has 0 radical (unpaired) electrons. The summed E-state index contributed by atoms with van der Waals surface area (Å²) in [6, 6.07) is 16.4. The van der Waals surface area contributed by atoms with Crippen LogP contribution in [0.25, 0.3) is 0 Å². The molecule has 0 aromatic heterocycles. The van der Waals surface area contributed by atoms with E-state index in [0.29, 0.717) is 22.6 Å². The zero-order valence-corrected chi connectivity index (χ0v) is 13.6. The first-order chi connectivity index (χ1) is 12.0. The average Bonchev–Trinajstić information content (AvgIpc) is 2.58. The minimum absolute atomic E-state index is 0.269. The summed E-state index contributed by atoms with van der Waals surface area (Å²) in [5.74, 6) is -1.55. The zero-order valence-electron chi connectivity index (χ0n) is 12.8. The van der Waals surface area contributed by atoms with Crippen molar-refractivity contribution in [1.29, 1.82) is 0 Å². The van der Waals surface area contributed by atoms with Gasteiger partial charge in [-0.15, -0.1) is 0 Å². The van der Waals surface area contributed by atoms with Gasteiger partial charge < -0.3 is 10.1 Å². The minimum atomic E-state index is -0.954. The first-order valence-corrected chi connectivity index (χ1v) is 7.69. The van der Waals surface area contributed by atoms with Gasteiger partial charge in [-0.3, -0.25) is 4.79 Å². The number of nitrogens with one attached hydrogen (secondary N) is 1. The van der Waals surface area contributed by atoms with Crippen molar-refractivity contribution >= 4 is 23.2 Å². The number of amides is 1. The van der Waals surface area contributed by atoms with Gasteiger partial charge in [-0.2, -0.15) is 0 Å². The van der Waals surface area contributed by atoms with Gasteiger partial charge in [0, 0.05) is 11.1 Å². The Morgan fingerprint density at radius 1 is 0.960 bits per heavy atom. The Morgan fingerprint density at radius 3 is 2.44 bits per heavy atom. The summed E-state index contributed by atoms with van der Waals surface area (Å²) in [7, 11) is 0. The molecular formula is C19H12ClF2NO2. The number of hydrogen-bond acceptors (Lipinski definition) is 2. The maximum Gasteiger partial charge on any atom is 0.258 e. The van der Waals surface area contributed by atoms with Crippen LogP contribution in [0.5, 0.6) is 11.5 Å². The molecule has 3 rings (SSSR count). The second-order valence-corrected chi connectivity index (χ2v) is 5.57. The van der Waals surface area contributed by atoms with E-state index in [1.165, 1.54) is 6.07 Å². The zero-order chi connectivity index (χ0) is 17.8. The molecule has 0 saturated heterocycles. The number of ether oxygens (including phenoxy) is 1. The van der Waals surface area contributed by atoms with Crippen LogP contribution in [-0.2, 0) is 0 Å². The molecule has 0 aliphatic heterocycles. The van der Waals surface area contributed by atoms with Gasteiger partial charge in [0.1, 0.15) is 17.4 Å². The number of carbonyl (C=O) groups is 1. The van der Waals surface area contributed by atoms with E-state index in [1.54, 1.807) is 36.4 Å². The Hall–Kier alpha value is -2.92. The number of para-hydroxylation sites is 1. The van der Waals surface area contributed by atoms with Crippen LogP contribution < -0.4 is 10.1 Å². The summed E-state index contributed by atoms with van der Waals surface area (Å²) >= 11 is 5.97. The number of halogens is 3. The standard InChI is InChI=1S/C19H12ClF2NO2/c20-12-6-9-18(25-14-4-2-1-3-5-14)17(10-12)23-19(24)15-8-7-13(21)11-16(15)22/h1-11H,(H,23,24). The van der Waals surface area contributed by atoms with Gasteiger partial charge in [0.25, 0.3) is 5.91 Å². The Labute approximate surface area is 147 Å². The maximum absolute atomic E-state index is 13.8. The van der Waals surface area contributed by atoms with Crippen molar-refractivity contribution in [2.45, 2.75) is 0 Å². The van der Waals surface area contributed by atoms with Crippen LogP contribution in [0.15, 0.2) is 66.7 Å². The molecule has 0 saturated carbocycles. The van der Waals surface area contributed by atoms with Crippen LogP contribution in [0.4, 0.5) is 14.5 Å². The van der Waals surface area contributed by atoms with Gasteiger partial charge in [-0.1, -0.05) is 29.8 Å². The summed E-state index contributed by atoms with van der Waals surface area (Å²) < 4.78 is 32.5. The van der Waals surface area contributed by atoms with Crippen molar-refractivity contribution in [3.05, 3.63) is 89.0 Å². The van der Waals surface area contributed by atoms with Crippen LogP contribution in [0.2, 0.25) is 5.02 Å². The molecule has 0 heterocycles. The second-order valence-electron chi connectivity index (χ2n) is 5.13. The fraction of sp³-hybridized carbons (Fsp3) is 0. The third-order valence-electron chi connectivity index (χ3n) is 3.34. The molecule has 0 bridgehead atoms. The molecule has 126 valence electrons. The van der Waals surface area contributed by atoms with Crippen LogP contribution in [0.3, 0.4) is 0 Å². The Kier molecular flexibility index (Phi) is 4.95. The fourth-order valence-corrected chi connectivity index (χ4v) is 2.34. The molecule has 0 aliphatic rings. The molecule has 6 heteroatoms. The first-order valence-electron chi connectivity index (χ1n) is 7.32. The topological polar surface area (TPSA) is 38.3 Å². The number of anilines is 1. The molecule has 3 aromatic carbocycles. The lowest BCUT2D eigenvalue weighted by Gasteiger charge is -2.13. The van der Waals surface area contributed by atoms with Crippen LogP contribution >= 0.6 is 11.6 Å². The second kappa shape index (κ2) is 7.32. The number of hydrogen-bond donors (Lipinski definition) is 1. The Morgan fingerprint density at radius 2 is 1.72 bits per heavy atom. The molecule has 3 nitrogen and oxygen atoms in total. The highest BCUT2D eigenvalue weighted by atomic mass is 35.5. The molecule has 0 atom stereocenters. The Bertz CT molecular complexity index is 917. The molecule has 0 unspecified atom stereocenters. The summed E-state index contributed by atoms with van der Waals surface area (Å²) in [6.45, 7) is 0. The lowest BCUT2D eigenvalue weighted by Crippen LogP contribution is -2.14. The van der Waals surface area contributed by atoms with E-state index in [4.69, 9.17) is 16.3 Å². The summed E-state index contributed by atoms with van der Waals surface area (Å²) in [4.78, 5) is 12.3. The summed E-state index contributed by atoms with van der Waals surface area (Å²) in [5, 5.41) is 2.91. The lowest BCUT2D eigenvalue weighted by atomic mass is 10.2. The third-order valence-corrected chi connectivity index (χ3v) is 3.57. The minimum Gasteiger partial charge on any atom is -0.455 e. The lowest BCUT2D eigenvalue weighted by molar-refractivity contribution is 0.102. The van der Waals surface area contributed by atoms with Gasteiger partial charge in [-0.25, -0.2) is 8.78 Å². The van der Waals surface area contributed by atoms with E-state index in [9.17, 15) is 13.6 Å². The number of carbonyl (C=O) groups excluding carboxylic acids is 1. The van der Waals surface area contributed by atoms with Gasteiger partial charge in [0.2, 0.25) is 0 Å². The number of benzene rings is 3. The van der Waals surface area contributed by atoms with Gasteiger partial charge in [0.05, 0.1) is 11.3 Å². The van der Waals surface area contributed by atoms with Crippen molar-refractivity contribution in [3.63, 3.8) is 0 Å². The molecule has 1 N–H and O–H groups in total. The molecule has 0 spiro atoms. The predicted molar refractivity (Wildman–Crippen MR) is 92.3 cm³/mol. The van der Waals surface area contributed by atoms with Crippen molar-refractivity contribution < 1.29 is 18.3 Å². The molecule has 0 fully saturated rings. The van der Waals surface area contributed by atoms with E-state index >= 15 is 0 Å². The van der Waals surface area contributed by atoms with E-state index in [1.807, 2.05) is 6.07 Å². The van der Waals surface area contributed by atoms with E-state index in [0.717, 1.165) is 12.1 Å². The van der Waals surface area contributed by atoms with Crippen molar-refractivity contribution in [2.24, 2.45) is 0 Å². The molecule has 0 aliphatic carbocycles. The normalized spacial score (nSPS) is 10.4. The van der Waals surface area contributed by atoms with Crippen LogP contribution in [0, 0.1) is 11.6 Å². The van der Waals surface area contributed by atoms with E-state index in [-0.39, 0.29) is 11.3 Å². The molecular weight excluding hydrogens is 348 g/mol. The van der Waals surface area contributed by atoms with Crippen molar-refractivity contribution in [1.82, 2.24) is 0 Å². The molecule has 3 aromatic rings. The quantitative estimate of drug-likeness (QED) is 0.652. The largest absolute Gasteiger partial charge is 0.455 e. The SMILES string of the molecule is O=C(Nc1cc(Cl)ccc1Oc1ccccc1)c1ccc(F)cc1F. The highest BCUT2D eigenvalue weighted by molar-refractivity contribution is 6.31. The predicted octanol–water partition coefficient (Wildman–Crippen LogP) is 5.66. The highest BCUT2D eigenvalue weighted by Gasteiger charge is 2.15. The van der Waals surface area contributed by atoms with Gasteiger partial charge >= 0.3 is 0 Å². The maximum atomic E-state index is 13.8. The average molecular weight is 360 g/mol. The summed E-state index contributed by atoms with van der Waals surface area (Å²) in [5.41, 5.74) is -0.0166. The van der Waals surface area contributed by atoms with Gasteiger partial charge in [0.15, 0.2) is 5.75 Å². The van der Waals surface area contributed by atoms with Crippen molar-refractivity contribution in [3.8, 4) is 11.5 Å². The van der Waals surface area contributed by atoms with E-state index in [2.05, 4.69) is 5.32 Å². The third kappa shape index (κ3) is 4.14. The highest BCUT2D eigenvalue weighted by Crippen LogP contribution is 2.32. The van der Waals surface area contributed by atoms with Crippen LogP contribution in [0.1, 0.15) is 10.4 Å². The Balaban J connectivity index is 1.88. The van der Waals surface area contributed by atoms with E-state index < -0.39 is 17.5 Å². The van der Waals surface area contributed by atoms with Gasteiger partial charge in [-0.05, 0) is 42.5 Å². The van der Waals surface area contributed by atoms with Crippen LogP contribution in [-0.4, -0.2) is 5.91 Å². The molecule has 25 heavy (non-hydrogen) atoms. The number of rotatable bonds is 4. The summed E-state index contributed by atoms with van der Waals surface area (Å²) in [6.07, 6.45) is 0. The fourth-order valence-electron chi connectivity index (χ4n) is 2.17. The monoisotopic (exact) mass is 359 g/mol. The first kappa shape index (κ1) is 16.9.